The molecule has 0 atom stereocenters. The summed E-state index contributed by atoms with van der Waals surface area (Å²) in [4.78, 5) is 6.75. The van der Waals surface area contributed by atoms with E-state index in [1.807, 2.05) is 24.4 Å². The predicted molar refractivity (Wildman–Crippen MR) is 72.8 cm³/mol. The fraction of sp³-hybridized carbons (Fsp3) is 0.357. The third-order valence-corrected chi connectivity index (χ3v) is 2.93. The number of hydrogen-bond donors (Lipinski definition) is 1. The zero-order valence-corrected chi connectivity index (χ0v) is 10.5. The number of fused-ring (bicyclic) bond motifs is 1. The molecule has 1 aromatic carbocycles. The van der Waals surface area contributed by atoms with Crippen LogP contribution in [0.3, 0.4) is 0 Å². The van der Waals surface area contributed by atoms with E-state index in [4.69, 9.17) is 5.73 Å². The molecule has 0 aliphatic carbocycles. The second-order valence-corrected chi connectivity index (χ2v) is 4.45. The van der Waals surface area contributed by atoms with Gasteiger partial charge in [0, 0.05) is 23.8 Å². The first-order chi connectivity index (χ1) is 8.22. The van der Waals surface area contributed by atoms with Gasteiger partial charge in [-0.3, -0.25) is 4.98 Å². The molecule has 1 aromatic heterocycles. The third-order valence-electron chi connectivity index (χ3n) is 2.93. The molecular formula is C14H19N3. The van der Waals surface area contributed by atoms with E-state index in [2.05, 4.69) is 29.9 Å². The molecular weight excluding hydrogens is 210 g/mol. The number of aromatic nitrogens is 1. The Morgan fingerprint density at radius 3 is 2.88 bits per heavy atom. The lowest BCUT2D eigenvalue weighted by atomic mass is 10.1. The van der Waals surface area contributed by atoms with Crippen molar-refractivity contribution in [1.82, 2.24) is 9.88 Å². The monoisotopic (exact) mass is 229 g/mol. The molecule has 0 aliphatic rings. The molecule has 0 radical (unpaired) electrons. The number of anilines is 1. The summed E-state index contributed by atoms with van der Waals surface area (Å²) in [6.07, 6.45) is 2.99. The van der Waals surface area contributed by atoms with Crippen molar-refractivity contribution in [2.75, 3.05) is 19.3 Å². The van der Waals surface area contributed by atoms with E-state index >= 15 is 0 Å². The first kappa shape index (κ1) is 11.9. The fourth-order valence-corrected chi connectivity index (χ4v) is 2.13. The standard InChI is InChI=1S/C14H19N3/c1-3-9-17(2)10-11-6-7-13(15)12-5-4-8-16-14(11)12/h4-8H,3,9-10,15H2,1-2H3. The summed E-state index contributed by atoms with van der Waals surface area (Å²) in [7, 11) is 2.13. The van der Waals surface area contributed by atoms with Crippen molar-refractivity contribution in [2.45, 2.75) is 19.9 Å². The van der Waals surface area contributed by atoms with Crippen LogP contribution in [0.15, 0.2) is 30.5 Å². The summed E-state index contributed by atoms with van der Waals surface area (Å²) >= 11 is 0. The van der Waals surface area contributed by atoms with Gasteiger partial charge < -0.3 is 10.6 Å². The van der Waals surface area contributed by atoms with Crippen LogP contribution in [0.2, 0.25) is 0 Å². The van der Waals surface area contributed by atoms with Gasteiger partial charge >= 0.3 is 0 Å². The van der Waals surface area contributed by atoms with Crippen LogP contribution in [0.4, 0.5) is 5.69 Å². The van der Waals surface area contributed by atoms with Gasteiger partial charge in [-0.2, -0.15) is 0 Å². The number of benzene rings is 1. The average molecular weight is 229 g/mol. The molecule has 90 valence electrons. The van der Waals surface area contributed by atoms with Crippen LogP contribution < -0.4 is 5.73 Å². The number of nitrogens with zero attached hydrogens (tertiary/aromatic N) is 2. The number of nitrogens with two attached hydrogens (primary N) is 1. The van der Waals surface area contributed by atoms with Crippen LogP contribution in [-0.4, -0.2) is 23.5 Å². The largest absolute Gasteiger partial charge is 0.398 e. The summed E-state index contributed by atoms with van der Waals surface area (Å²) in [6, 6.07) is 8.01. The molecule has 1 heterocycles. The first-order valence-electron chi connectivity index (χ1n) is 6.03. The normalized spacial score (nSPS) is 11.2. The van der Waals surface area contributed by atoms with Crippen molar-refractivity contribution < 1.29 is 0 Å². The van der Waals surface area contributed by atoms with Crippen molar-refractivity contribution in [3.63, 3.8) is 0 Å². The molecule has 0 spiro atoms. The highest BCUT2D eigenvalue weighted by atomic mass is 15.1. The summed E-state index contributed by atoms with van der Waals surface area (Å²) in [6.45, 7) is 4.20. The number of nitrogen functional groups attached to an aromatic ring is 1. The molecule has 0 aliphatic heterocycles. The molecule has 0 fully saturated rings. The van der Waals surface area contributed by atoms with E-state index in [9.17, 15) is 0 Å². The molecule has 0 amide bonds. The quantitative estimate of drug-likeness (QED) is 0.820. The van der Waals surface area contributed by atoms with Gasteiger partial charge in [0.05, 0.1) is 5.52 Å². The summed E-state index contributed by atoms with van der Waals surface area (Å²) in [5.74, 6) is 0. The molecule has 0 saturated heterocycles. The molecule has 3 nitrogen and oxygen atoms in total. The lowest BCUT2D eigenvalue weighted by molar-refractivity contribution is 0.328. The Hall–Kier alpha value is -1.61. The molecule has 17 heavy (non-hydrogen) atoms. The fourth-order valence-electron chi connectivity index (χ4n) is 2.13. The van der Waals surface area contributed by atoms with E-state index in [1.54, 1.807) is 0 Å². The van der Waals surface area contributed by atoms with Gasteiger partial charge in [-0.25, -0.2) is 0 Å². The zero-order chi connectivity index (χ0) is 12.3. The van der Waals surface area contributed by atoms with Crippen LogP contribution in [0, 0.1) is 0 Å². The molecule has 2 N–H and O–H groups in total. The lowest BCUT2D eigenvalue weighted by Crippen LogP contribution is -2.18. The summed E-state index contributed by atoms with van der Waals surface area (Å²) in [5.41, 5.74) is 9.03. The zero-order valence-electron chi connectivity index (χ0n) is 10.5. The van der Waals surface area contributed by atoms with E-state index in [1.165, 1.54) is 5.56 Å². The van der Waals surface area contributed by atoms with Gasteiger partial charge in [0.15, 0.2) is 0 Å². The van der Waals surface area contributed by atoms with Crippen molar-refractivity contribution in [1.29, 1.82) is 0 Å². The van der Waals surface area contributed by atoms with Crippen LogP contribution in [-0.2, 0) is 6.54 Å². The van der Waals surface area contributed by atoms with Crippen LogP contribution in [0.25, 0.3) is 10.9 Å². The smallest absolute Gasteiger partial charge is 0.0767 e. The Morgan fingerprint density at radius 2 is 2.12 bits per heavy atom. The highest BCUT2D eigenvalue weighted by molar-refractivity contribution is 5.92. The minimum atomic E-state index is 0.801. The Kier molecular flexibility index (Phi) is 3.59. The minimum absolute atomic E-state index is 0.801. The van der Waals surface area contributed by atoms with E-state index in [-0.39, 0.29) is 0 Å². The second kappa shape index (κ2) is 5.15. The summed E-state index contributed by atoms with van der Waals surface area (Å²) in [5, 5.41) is 1.05. The van der Waals surface area contributed by atoms with Gasteiger partial charge in [-0.15, -0.1) is 0 Å². The van der Waals surface area contributed by atoms with E-state index < -0.39 is 0 Å². The van der Waals surface area contributed by atoms with Crippen molar-refractivity contribution >= 4 is 16.6 Å². The molecule has 3 heteroatoms. The third kappa shape index (κ3) is 2.56. The van der Waals surface area contributed by atoms with E-state index in [0.29, 0.717) is 0 Å². The second-order valence-electron chi connectivity index (χ2n) is 4.45. The van der Waals surface area contributed by atoms with Gasteiger partial charge in [0.2, 0.25) is 0 Å². The molecule has 0 bridgehead atoms. The molecule has 0 saturated carbocycles. The van der Waals surface area contributed by atoms with Gasteiger partial charge in [-0.05, 0) is 43.8 Å². The van der Waals surface area contributed by atoms with Gasteiger partial charge in [-0.1, -0.05) is 13.0 Å². The SMILES string of the molecule is CCCN(C)Cc1ccc(N)c2cccnc12. The van der Waals surface area contributed by atoms with Crippen molar-refractivity contribution in [2.24, 2.45) is 0 Å². The number of pyridine rings is 1. The van der Waals surface area contributed by atoms with E-state index in [0.717, 1.165) is 36.1 Å². The molecule has 0 unspecified atom stereocenters. The van der Waals surface area contributed by atoms with Crippen LogP contribution >= 0.6 is 0 Å². The van der Waals surface area contributed by atoms with Crippen molar-refractivity contribution in [3.8, 4) is 0 Å². The van der Waals surface area contributed by atoms with Crippen molar-refractivity contribution in [3.05, 3.63) is 36.0 Å². The molecule has 2 aromatic rings. The Labute approximate surface area is 102 Å². The van der Waals surface area contributed by atoms with Crippen LogP contribution in [0.1, 0.15) is 18.9 Å². The topological polar surface area (TPSA) is 42.1 Å². The number of rotatable bonds is 4. The maximum absolute atomic E-state index is 5.96. The lowest BCUT2D eigenvalue weighted by Gasteiger charge is -2.16. The predicted octanol–water partition coefficient (Wildman–Crippen LogP) is 2.66. The minimum Gasteiger partial charge on any atom is -0.398 e. The Balaban J connectivity index is 2.38. The van der Waals surface area contributed by atoms with Crippen LogP contribution in [0.5, 0.6) is 0 Å². The number of hydrogen-bond acceptors (Lipinski definition) is 3. The highest BCUT2D eigenvalue weighted by Gasteiger charge is 2.06. The maximum atomic E-state index is 5.96. The van der Waals surface area contributed by atoms with Gasteiger partial charge in [0.25, 0.3) is 0 Å². The average Bonchev–Trinajstić information content (AvgIpc) is 2.34. The Morgan fingerprint density at radius 1 is 1.29 bits per heavy atom. The maximum Gasteiger partial charge on any atom is 0.0767 e. The Bertz CT molecular complexity index is 508. The molecule has 2 rings (SSSR count). The summed E-state index contributed by atoms with van der Waals surface area (Å²) < 4.78 is 0. The highest BCUT2D eigenvalue weighted by Crippen LogP contribution is 2.23. The van der Waals surface area contributed by atoms with Gasteiger partial charge in [0.1, 0.15) is 0 Å². The first-order valence-corrected chi connectivity index (χ1v) is 6.03.